The molecule has 0 radical (unpaired) electrons. The van der Waals surface area contributed by atoms with Crippen LogP contribution in [0.2, 0.25) is 0 Å². The van der Waals surface area contributed by atoms with E-state index in [1.807, 2.05) is 30.3 Å². The van der Waals surface area contributed by atoms with E-state index in [9.17, 15) is 17.6 Å². The van der Waals surface area contributed by atoms with Crippen LogP contribution in [0.25, 0.3) is 28.6 Å². The predicted octanol–water partition coefficient (Wildman–Crippen LogP) is 6.81. The van der Waals surface area contributed by atoms with Crippen LogP contribution >= 0.6 is 0 Å². The minimum Gasteiger partial charge on any atom is -0.338 e. The van der Waals surface area contributed by atoms with Crippen molar-refractivity contribution in [3.8, 4) is 22.5 Å². The number of pyridine rings is 1. The Morgan fingerprint density at radius 3 is 2.45 bits per heavy atom. The molecule has 2 aromatic carbocycles. The quantitative estimate of drug-likeness (QED) is 0.336. The number of hydrogen-bond donors (Lipinski definition) is 2. The summed E-state index contributed by atoms with van der Waals surface area (Å²) in [6, 6.07) is 17.8. The van der Waals surface area contributed by atoms with Gasteiger partial charge in [0, 0.05) is 28.8 Å². The summed E-state index contributed by atoms with van der Waals surface area (Å²) in [5.74, 6) is 0.428. The molecule has 2 heterocycles. The molecule has 0 spiro atoms. The zero-order chi connectivity index (χ0) is 23.0. The Morgan fingerprint density at radius 2 is 1.67 bits per heavy atom. The van der Waals surface area contributed by atoms with Gasteiger partial charge in [0.2, 0.25) is 0 Å². The lowest BCUT2D eigenvalue weighted by Gasteiger charge is -2.16. The highest BCUT2D eigenvalue weighted by Gasteiger charge is 2.33. The molecule has 5 rings (SSSR count). The highest BCUT2D eigenvalue weighted by molar-refractivity contribution is 5.77. The number of nitrogens with one attached hydrogen (secondary N) is 2. The predicted molar refractivity (Wildman–Crippen MR) is 120 cm³/mol. The van der Waals surface area contributed by atoms with Gasteiger partial charge in [-0.1, -0.05) is 48.5 Å². The minimum absolute atomic E-state index is 0.0263. The Balaban J connectivity index is 1.63. The Labute approximate surface area is 187 Å². The van der Waals surface area contributed by atoms with E-state index in [2.05, 4.69) is 20.5 Å². The van der Waals surface area contributed by atoms with Crippen molar-refractivity contribution in [3.63, 3.8) is 0 Å². The molecule has 0 amide bonds. The third kappa shape index (κ3) is 4.24. The summed E-state index contributed by atoms with van der Waals surface area (Å²) in [4.78, 5) is 4.54. The van der Waals surface area contributed by atoms with E-state index in [-0.39, 0.29) is 17.7 Å². The molecule has 0 aliphatic heterocycles. The van der Waals surface area contributed by atoms with Gasteiger partial charge in [0.25, 0.3) is 0 Å². The molecule has 4 aromatic rings. The number of halogens is 4. The minimum atomic E-state index is -4.53. The van der Waals surface area contributed by atoms with Crippen LogP contribution in [0.5, 0.6) is 0 Å². The summed E-state index contributed by atoms with van der Waals surface area (Å²) in [7, 11) is 0. The Kier molecular flexibility index (Phi) is 5.20. The fourth-order valence-corrected chi connectivity index (χ4v) is 3.88. The molecule has 1 atom stereocenters. The fraction of sp³-hybridized carbons (Fsp3) is 0.120. The van der Waals surface area contributed by atoms with Crippen molar-refractivity contribution < 1.29 is 17.6 Å². The standard InChI is InChI=1S/C25H18F4N4/c26-16-10-11-21-19(12-16)24(33-32-21)30-17-13-22(15-6-2-1-3-7-15)31-23(14-17)18-8-4-5-9-20(18)25(27,28)29/h1-11,13-14,16H,12H2,(H2,30,31,32,33). The van der Waals surface area contributed by atoms with E-state index in [4.69, 9.17) is 0 Å². The summed E-state index contributed by atoms with van der Waals surface area (Å²) in [5.41, 5.74) is 2.50. The maximum atomic E-state index is 13.9. The van der Waals surface area contributed by atoms with E-state index in [1.54, 1.807) is 24.3 Å². The zero-order valence-electron chi connectivity index (χ0n) is 17.2. The molecule has 33 heavy (non-hydrogen) atoms. The number of aromatic nitrogens is 3. The van der Waals surface area contributed by atoms with Gasteiger partial charge in [-0.25, -0.2) is 9.37 Å². The second kappa shape index (κ2) is 8.20. The van der Waals surface area contributed by atoms with Crippen LogP contribution in [-0.2, 0) is 12.6 Å². The Morgan fingerprint density at radius 1 is 0.939 bits per heavy atom. The van der Waals surface area contributed by atoms with Crippen LogP contribution in [0.3, 0.4) is 0 Å². The largest absolute Gasteiger partial charge is 0.417 e. The van der Waals surface area contributed by atoms with Crippen LogP contribution in [0.1, 0.15) is 16.8 Å². The monoisotopic (exact) mass is 450 g/mol. The highest BCUT2D eigenvalue weighted by atomic mass is 19.4. The number of benzene rings is 2. The Bertz CT molecular complexity index is 1330. The van der Waals surface area contributed by atoms with E-state index in [0.717, 1.165) is 11.6 Å². The van der Waals surface area contributed by atoms with Crippen molar-refractivity contribution in [1.82, 2.24) is 15.2 Å². The molecule has 0 saturated carbocycles. The highest BCUT2D eigenvalue weighted by Crippen LogP contribution is 2.38. The van der Waals surface area contributed by atoms with E-state index in [1.165, 1.54) is 18.2 Å². The van der Waals surface area contributed by atoms with Gasteiger partial charge in [0.05, 0.1) is 22.6 Å². The molecule has 2 N–H and O–H groups in total. The number of rotatable bonds is 4. The topological polar surface area (TPSA) is 53.6 Å². The van der Waals surface area contributed by atoms with Crippen LogP contribution in [0.4, 0.5) is 29.1 Å². The van der Waals surface area contributed by atoms with Crippen molar-refractivity contribution in [1.29, 1.82) is 0 Å². The third-order valence-electron chi connectivity index (χ3n) is 5.44. The van der Waals surface area contributed by atoms with Crippen molar-refractivity contribution in [2.24, 2.45) is 0 Å². The van der Waals surface area contributed by atoms with Crippen LogP contribution in [-0.4, -0.2) is 21.4 Å². The van der Waals surface area contributed by atoms with Crippen LogP contribution < -0.4 is 5.32 Å². The molecule has 4 nitrogen and oxygen atoms in total. The fourth-order valence-electron chi connectivity index (χ4n) is 3.88. The van der Waals surface area contributed by atoms with Gasteiger partial charge >= 0.3 is 6.18 Å². The first-order valence-electron chi connectivity index (χ1n) is 10.3. The van der Waals surface area contributed by atoms with E-state index >= 15 is 0 Å². The van der Waals surface area contributed by atoms with Crippen molar-refractivity contribution >= 4 is 17.6 Å². The first-order valence-corrected chi connectivity index (χ1v) is 10.3. The van der Waals surface area contributed by atoms with Gasteiger partial charge in [-0.2, -0.15) is 18.3 Å². The summed E-state index contributed by atoms with van der Waals surface area (Å²) in [6.07, 6.45) is -2.41. The molecule has 8 heteroatoms. The number of nitrogens with zero attached hydrogens (tertiary/aromatic N) is 2. The number of alkyl halides is 4. The summed E-state index contributed by atoms with van der Waals surface area (Å²) < 4.78 is 55.0. The van der Waals surface area contributed by atoms with Gasteiger partial charge in [-0.3, -0.25) is 5.10 Å². The molecule has 0 bridgehead atoms. The molecule has 166 valence electrons. The number of anilines is 2. The van der Waals surface area contributed by atoms with Crippen LogP contribution in [0, 0.1) is 0 Å². The van der Waals surface area contributed by atoms with Gasteiger partial charge in [0.15, 0.2) is 5.82 Å². The molecule has 1 unspecified atom stereocenters. The van der Waals surface area contributed by atoms with Gasteiger partial charge in [-0.05, 0) is 30.4 Å². The number of fused-ring (bicyclic) bond motifs is 1. The van der Waals surface area contributed by atoms with Crippen molar-refractivity contribution in [2.75, 3.05) is 5.32 Å². The number of allylic oxidation sites excluding steroid dienone is 1. The summed E-state index contributed by atoms with van der Waals surface area (Å²) in [5, 5.41) is 10.2. The van der Waals surface area contributed by atoms with Gasteiger partial charge in [0.1, 0.15) is 6.17 Å². The molecule has 2 aromatic heterocycles. The molecule has 0 fully saturated rings. The Hall–Kier alpha value is -3.94. The number of aromatic amines is 1. The smallest absolute Gasteiger partial charge is 0.338 e. The lowest BCUT2D eigenvalue weighted by molar-refractivity contribution is -0.137. The molecule has 1 aliphatic rings. The summed E-state index contributed by atoms with van der Waals surface area (Å²) >= 11 is 0. The SMILES string of the molecule is FC1C=Cc2[nH]nc(Nc3cc(-c4ccccc4)nc(-c4ccccc4C(F)(F)F)c3)c2C1. The number of H-pyrrole nitrogens is 1. The third-order valence-corrected chi connectivity index (χ3v) is 5.44. The first-order chi connectivity index (χ1) is 15.9. The average Bonchev–Trinajstić information content (AvgIpc) is 3.20. The second-order valence-corrected chi connectivity index (χ2v) is 7.70. The maximum Gasteiger partial charge on any atom is 0.417 e. The second-order valence-electron chi connectivity index (χ2n) is 7.70. The van der Waals surface area contributed by atoms with E-state index in [0.29, 0.717) is 28.5 Å². The number of hydrogen-bond acceptors (Lipinski definition) is 3. The zero-order valence-corrected chi connectivity index (χ0v) is 17.2. The van der Waals surface area contributed by atoms with Crippen molar-refractivity contribution in [2.45, 2.75) is 18.8 Å². The first kappa shape index (κ1) is 20.9. The maximum absolute atomic E-state index is 13.9. The van der Waals surface area contributed by atoms with Crippen molar-refractivity contribution in [3.05, 3.63) is 89.6 Å². The average molecular weight is 450 g/mol. The van der Waals surface area contributed by atoms with Crippen LogP contribution in [0.15, 0.2) is 72.8 Å². The lowest BCUT2D eigenvalue weighted by Crippen LogP contribution is -2.08. The molecule has 0 saturated heterocycles. The lowest BCUT2D eigenvalue weighted by atomic mass is 10.0. The molecular weight excluding hydrogens is 432 g/mol. The summed E-state index contributed by atoms with van der Waals surface area (Å²) in [6.45, 7) is 0. The van der Waals surface area contributed by atoms with Gasteiger partial charge in [-0.15, -0.1) is 0 Å². The molecular formula is C25H18F4N4. The van der Waals surface area contributed by atoms with E-state index < -0.39 is 17.9 Å². The van der Waals surface area contributed by atoms with Gasteiger partial charge < -0.3 is 5.32 Å². The normalized spacial score (nSPS) is 15.3. The molecule has 1 aliphatic carbocycles.